The zero-order valence-corrected chi connectivity index (χ0v) is 12.3. The Morgan fingerprint density at radius 1 is 0.615 bits per heavy atom. The van der Waals surface area contributed by atoms with E-state index < -0.39 is 53.8 Å². The monoisotopic (exact) mass is 366 g/mol. The lowest BCUT2D eigenvalue weighted by molar-refractivity contribution is -0.434. The second-order valence-electron chi connectivity index (χ2n) is 4.69. The van der Waals surface area contributed by atoms with E-state index in [0.29, 0.717) is 0 Å². The number of phenolic OH excluding ortho intramolecular Hbond substituents is 2. The number of aromatic hydroxyl groups is 2. The maximum atomic E-state index is 11.3. The molecule has 0 bridgehead atoms. The zero-order chi connectivity index (χ0) is 19.8. The predicted octanol–water partition coefficient (Wildman–Crippen LogP) is 2.40. The largest absolute Gasteiger partial charge is 0.508 e. The van der Waals surface area contributed by atoms with Crippen LogP contribution in [0, 0.1) is 40.5 Å². The third-order valence-corrected chi connectivity index (χ3v) is 3.26. The Bertz CT molecular complexity index is 916. The minimum Gasteiger partial charge on any atom is -0.508 e. The molecule has 2 aromatic rings. The Balaban J connectivity index is 3.19. The molecule has 0 heterocycles. The molecule has 0 atom stereocenters. The minimum atomic E-state index is -1.80. The van der Waals surface area contributed by atoms with Crippen molar-refractivity contribution in [1.29, 1.82) is 0 Å². The standard InChI is InChI=1S/C12H6N4O10/c17-6-3-1-5(2-4-6)7-8(13(19)20)10(15(23)24)12(18)11(16(25)26)9(7)14(21)22/h1-4,17-18H. The fourth-order valence-corrected chi connectivity index (χ4v) is 2.29. The number of hydrogen-bond acceptors (Lipinski definition) is 10. The molecule has 0 spiro atoms. The first-order valence-corrected chi connectivity index (χ1v) is 6.37. The van der Waals surface area contributed by atoms with Crippen LogP contribution in [0.25, 0.3) is 11.1 Å². The third kappa shape index (κ3) is 2.77. The van der Waals surface area contributed by atoms with Gasteiger partial charge >= 0.3 is 22.7 Å². The average Bonchev–Trinajstić information content (AvgIpc) is 2.53. The number of nitrogens with zero attached hydrogens (tertiary/aromatic N) is 4. The summed E-state index contributed by atoms with van der Waals surface area (Å²) >= 11 is 0. The van der Waals surface area contributed by atoms with E-state index in [4.69, 9.17) is 0 Å². The van der Waals surface area contributed by atoms with Gasteiger partial charge in [0.1, 0.15) is 5.75 Å². The fraction of sp³-hybridized carbons (Fsp3) is 0. The number of nitro groups is 4. The van der Waals surface area contributed by atoms with Crippen LogP contribution in [-0.2, 0) is 0 Å². The van der Waals surface area contributed by atoms with E-state index in [1.807, 2.05) is 0 Å². The predicted molar refractivity (Wildman–Crippen MR) is 81.8 cm³/mol. The van der Waals surface area contributed by atoms with Crippen LogP contribution in [0.4, 0.5) is 22.7 Å². The quantitative estimate of drug-likeness (QED) is 0.581. The fourth-order valence-electron chi connectivity index (χ4n) is 2.29. The summed E-state index contributed by atoms with van der Waals surface area (Å²) in [7, 11) is 0. The van der Waals surface area contributed by atoms with Crippen molar-refractivity contribution in [2.75, 3.05) is 0 Å². The highest BCUT2D eigenvalue weighted by Crippen LogP contribution is 2.55. The van der Waals surface area contributed by atoms with E-state index in [1.54, 1.807) is 0 Å². The van der Waals surface area contributed by atoms with Crippen molar-refractivity contribution in [2.45, 2.75) is 0 Å². The smallest absolute Gasteiger partial charge is 0.395 e. The molecule has 0 fully saturated rings. The molecule has 0 aromatic heterocycles. The average molecular weight is 366 g/mol. The molecule has 2 aromatic carbocycles. The van der Waals surface area contributed by atoms with E-state index in [-0.39, 0.29) is 11.3 Å². The van der Waals surface area contributed by atoms with E-state index >= 15 is 0 Å². The summed E-state index contributed by atoms with van der Waals surface area (Å²) in [5.41, 5.74) is -7.72. The molecule has 0 radical (unpaired) electrons. The Morgan fingerprint density at radius 2 is 0.962 bits per heavy atom. The van der Waals surface area contributed by atoms with Gasteiger partial charge in [-0.1, -0.05) is 12.1 Å². The van der Waals surface area contributed by atoms with Crippen LogP contribution in [0.3, 0.4) is 0 Å². The van der Waals surface area contributed by atoms with Gasteiger partial charge in [0.15, 0.2) is 5.56 Å². The van der Waals surface area contributed by atoms with Crippen molar-refractivity contribution in [2.24, 2.45) is 0 Å². The summed E-state index contributed by atoms with van der Waals surface area (Å²) in [5, 5.41) is 64.0. The highest BCUT2D eigenvalue weighted by molar-refractivity contribution is 5.95. The van der Waals surface area contributed by atoms with Crippen molar-refractivity contribution in [1.82, 2.24) is 0 Å². The molecule has 134 valence electrons. The number of rotatable bonds is 5. The first kappa shape index (κ1) is 18.0. The maximum Gasteiger partial charge on any atom is 0.395 e. The lowest BCUT2D eigenvalue weighted by Crippen LogP contribution is -2.06. The summed E-state index contributed by atoms with van der Waals surface area (Å²) in [6.07, 6.45) is 0. The molecule has 14 heteroatoms. The highest BCUT2D eigenvalue weighted by Gasteiger charge is 2.48. The van der Waals surface area contributed by atoms with Crippen LogP contribution in [0.2, 0.25) is 0 Å². The molecule has 26 heavy (non-hydrogen) atoms. The zero-order valence-electron chi connectivity index (χ0n) is 12.3. The topological polar surface area (TPSA) is 213 Å². The van der Waals surface area contributed by atoms with Gasteiger partial charge in [0, 0.05) is 0 Å². The second-order valence-corrected chi connectivity index (χ2v) is 4.69. The van der Waals surface area contributed by atoms with Crippen LogP contribution >= 0.6 is 0 Å². The molecule has 2 N–H and O–H groups in total. The van der Waals surface area contributed by atoms with Gasteiger partial charge in [-0.15, -0.1) is 0 Å². The second kappa shape index (κ2) is 6.27. The molecular formula is C12H6N4O10. The normalized spacial score (nSPS) is 10.3. The lowest BCUT2D eigenvalue weighted by atomic mass is 9.98. The van der Waals surface area contributed by atoms with Gasteiger partial charge in [0.2, 0.25) is 0 Å². The number of nitro benzene ring substituents is 4. The summed E-state index contributed by atoms with van der Waals surface area (Å²) < 4.78 is 0. The maximum absolute atomic E-state index is 11.3. The molecule has 14 nitrogen and oxygen atoms in total. The van der Waals surface area contributed by atoms with E-state index in [2.05, 4.69) is 0 Å². The summed E-state index contributed by atoms with van der Waals surface area (Å²) in [4.78, 5) is 39.4. The van der Waals surface area contributed by atoms with Gasteiger partial charge in [0.25, 0.3) is 5.75 Å². The summed E-state index contributed by atoms with van der Waals surface area (Å²) in [6, 6.07) is 3.81. The number of phenols is 2. The molecule has 0 amide bonds. The molecule has 0 saturated carbocycles. The first-order chi connectivity index (χ1) is 12.1. The third-order valence-electron chi connectivity index (χ3n) is 3.26. The van der Waals surface area contributed by atoms with Gasteiger partial charge in [0.05, 0.1) is 19.7 Å². The van der Waals surface area contributed by atoms with Crippen molar-refractivity contribution in [3.05, 3.63) is 64.7 Å². The minimum absolute atomic E-state index is 0.332. The Morgan fingerprint density at radius 3 is 1.27 bits per heavy atom. The van der Waals surface area contributed by atoms with Gasteiger partial charge < -0.3 is 10.2 Å². The molecule has 0 aliphatic carbocycles. The highest BCUT2D eigenvalue weighted by atomic mass is 16.7. The molecular weight excluding hydrogens is 360 g/mol. The van der Waals surface area contributed by atoms with Crippen LogP contribution in [0.1, 0.15) is 0 Å². The van der Waals surface area contributed by atoms with Crippen LogP contribution in [0.15, 0.2) is 24.3 Å². The van der Waals surface area contributed by atoms with Crippen LogP contribution in [0.5, 0.6) is 11.5 Å². The SMILES string of the molecule is O=[N+]([O-])c1c(O)c([N+](=O)[O-])c([N+](=O)[O-])c(-c2ccc(O)cc2)c1[N+](=O)[O-]. The van der Waals surface area contributed by atoms with Crippen molar-refractivity contribution in [3.63, 3.8) is 0 Å². The summed E-state index contributed by atoms with van der Waals surface area (Å²) in [5.74, 6) is -2.14. The lowest BCUT2D eigenvalue weighted by Gasteiger charge is -2.07. The Labute approximate surface area is 141 Å². The van der Waals surface area contributed by atoms with Crippen molar-refractivity contribution in [3.8, 4) is 22.6 Å². The number of hydrogen-bond donors (Lipinski definition) is 2. The van der Waals surface area contributed by atoms with E-state index in [1.165, 1.54) is 0 Å². The van der Waals surface area contributed by atoms with E-state index in [0.717, 1.165) is 24.3 Å². The van der Waals surface area contributed by atoms with Gasteiger partial charge in [-0.2, -0.15) is 0 Å². The Hall–Kier alpha value is -4.36. The van der Waals surface area contributed by atoms with Crippen LogP contribution in [-0.4, -0.2) is 29.9 Å². The molecule has 0 saturated heterocycles. The molecule has 0 aliphatic rings. The van der Waals surface area contributed by atoms with Gasteiger partial charge in [-0.25, -0.2) is 0 Å². The first-order valence-electron chi connectivity index (χ1n) is 6.37. The van der Waals surface area contributed by atoms with Gasteiger partial charge in [-0.05, 0) is 17.7 Å². The molecule has 2 rings (SSSR count). The number of benzene rings is 2. The van der Waals surface area contributed by atoms with Crippen molar-refractivity contribution >= 4 is 22.7 Å². The summed E-state index contributed by atoms with van der Waals surface area (Å²) in [6.45, 7) is 0. The molecule has 0 aliphatic heterocycles. The van der Waals surface area contributed by atoms with Crippen molar-refractivity contribution < 1.29 is 29.9 Å². The van der Waals surface area contributed by atoms with E-state index in [9.17, 15) is 50.7 Å². The Kier molecular flexibility index (Phi) is 4.34. The van der Waals surface area contributed by atoms with Gasteiger partial charge in [-0.3, -0.25) is 40.5 Å². The molecule has 0 unspecified atom stereocenters. The van der Waals surface area contributed by atoms with Crippen LogP contribution < -0.4 is 0 Å².